The summed E-state index contributed by atoms with van der Waals surface area (Å²) in [7, 11) is 1.57. The highest BCUT2D eigenvalue weighted by atomic mass is 16.6. The number of oxime groups is 1. The first-order chi connectivity index (χ1) is 16.5. The molecule has 3 aromatic rings. The Morgan fingerprint density at radius 2 is 1.94 bits per heavy atom. The molecule has 34 heavy (non-hydrogen) atoms. The fourth-order valence-corrected chi connectivity index (χ4v) is 4.18. The molecule has 0 aliphatic carbocycles. The van der Waals surface area contributed by atoms with Crippen LogP contribution < -0.4 is 15.0 Å². The van der Waals surface area contributed by atoms with E-state index in [2.05, 4.69) is 34.2 Å². The second kappa shape index (κ2) is 11.0. The monoisotopic (exact) mass is 460 g/mol. The zero-order chi connectivity index (χ0) is 23.9. The zero-order valence-corrected chi connectivity index (χ0v) is 20.0. The number of anilines is 2. The molecule has 0 unspecified atom stereocenters. The summed E-state index contributed by atoms with van der Waals surface area (Å²) >= 11 is 0. The van der Waals surface area contributed by atoms with Crippen molar-refractivity contribution in [2.75, 3.05) is 23.9 Å². The highest BCUT2D eigenvalue weighted by Gasteiger charge is 2.23. The van der Waals surface area contributed by atoms with Crippen molar-refractivity contribution in [3.63, 3.8) is 0 Å². The number of amidine groups is 1. The van der Waals surface area contributed by atoms with Crippen LogP contribution in [0.4, 0.5) is 11.4 Å². The molecule has 0 bridgehead atoms. The van der Waals surface area contributed by atoms with Crippen LogP contribution in [0.15, 0.2) is 66.1 Å². The number of hydrogen-bond acceptors (Lipinski definition) is 5. The highest BCUT2D eigenvalue weighted by Crippen LogP contribution is 2.25. The Labute approximate surface area is 200 Å². The van der Waals surface area contributed by atoms with Gasteiger partial charge >= 0.3 is 0 Å². The average molecular weight is 461 g/mol. The maximum absolute atomic E-state index is 13.1. The smallest absolute Gasteiger partial charge is 0.265 e. The fourth-order valence-electron chi connectivity index (χ4n) is 4.18. The predicted molar refractivity (Wildman–Crippen MR) is 136 cm³/mol. The first-order valence-electron chi connectivity index (χ1n) is 11.8. The van der Waals surface area contributed by atoms with E-state index in [1.165, 1.54) is 0 Å². The number of carbonyl (C=O) groups excluding carboxylic acids is 1. The van der Waals surface area contributed by atoms with Crippen molar-refractivity contribution in [2.24, 2.45) is 11.1 Å². The molecular formula is C27H32N4O3. The van der Waals surface area contributed by atoms with Gasteiger partial charge in [-0.05, 0) is 73.0 Å². The minimum Gasteiger partial charge on any atom is -0.481 e. The van der Waals surface area contributed by atoms with Crippen molar-refractivity contribution in [3.05, 3.63) is 60.9 Å². The van der Waals surface area contributed by atoms with Gasteiger partial charge in [-0.25, -0.2) is 0 Å². The second-order valence-corrected chi connectivity index (χ2v) is 8.96. The summed E-state index contributed by atoms with van der Waals surface area (Å²) < 4.78 is 6.15. The lowest BCUT2D eigenvalue weighted by Crippen LogP contribution is -2.35. The number of ether oxygens (including phenoxy) is 1. The number of carbonyl (C=O) groups is 1. The lowest BCUT2D eigenvalue weighted by molar-refractivity contribution is -0.123. The van der Waals surface area contributed by atoms with Crippen molar-refractivity contribution in [1.82, 2.24) is 4.98 Å². The van der Waals surface area contributed by atoms with Gasteiger partial charge in [0.1, 0.15) is 18.7 Å². The van der Waals surface area contributed by atoms with Crippen LogP contribution in [0.25, 0.3) is 10.8 Å². The Balaban J connectivity index is 1.46. The van der Waals surface area contributed by atoms with Crippen molar-refractivity contribution >= 4 is 33.9 Å². The summed E-state index contributed by atoms with van der Waals surface area (Å²) in [6, 6.07) is 15.6. The summed E-state index contributed by atoms with van der Waals surface area (Å²) in [6.07, 6.45) is 6.69. The topological polar surface area (TPSA) is 76.0 Å². The van der Waals surface area contributed by atoms with E-state index in [-0.39, 0.29) is 5.91 Å². The normalized spacial score (nSPS) is 16.0. The van der Waals surface area contributed by atoms with Crippen LogP contribution >= 0.6 is 0 Å². The molecule has 2 heterocycles. The van der Waals surface area contributed by atoms with Gasteiger partial charge in [-0.1, -0.05) is 25.1 Å². The van der Waals surface area contributed by atoms with E-state index in [1.54, 1.807) is 19.5 Å². The third-order valence-corrected chi connectivity index (χ3v) is 5.86. The first-order valence-corrected chi connectivity index (χ1v) is 11.8. The Morgan fingerprint density at radius 1 is 1.12 bits per heavy atom. The number of rotatable bonds is 8. The van der Waals surface area contributed by atoms with E-state index < -0.39 is 6.10 Å². The molecule has 1 aliphatic heterocycles. The highest BCUT2D eigenvalue weighted by molar-refractivity contribution is 5.99. The second-order valence-electron chi connectivity index (χ2n) is 8.96. The van der Waals surface area contributed by atoms with E-state index in [0.29, 0.717) is 18.1 Å². The van der Waals surface area contributed by atoms with Crippen molar-refractivity contribution in [3.8, 4) is 5.75 Å². The Kier molecular flexibility index (Phi) is 7.62. The maximum atomic E-state index is 13.1. The van der Waals surface area contributed by atoms with Gasteiger partial charge in [-0.15, -0.1) is 0 Å². The molecule has 1 fully saturated rings. The largest absolute Gasteiger partial charge is 0.481 e. The molecular weight excluding hydrogens is 428 g/mol. The molecule has 1 atom stereocenters. The van der Waals surface area contributed by atoms with Gasteiger partial charge in [0, 0.05) is 42.1 Å². The Bertz CT molecular complexity index is 1140. The molecule has 1 saturated heterocycles. The van der Waals surface area contributed by atoms with Crippen molar-refractivity contribution in [1.29, 1.82) is 0 Å². The Hall–Kier alpha value is -3.61. The summed E-state index contributed by atoms with van der Waals surface area (Å²) in [5, 5.41) is 9.26. The lowest BCUT2D eigenvalue weighted by Gasteiger charge is -2.29. The molecule has 0 radical (unpaired) electrons. The summed E-state index contributed by atoms with van der Waals surface area (Å²) in [5.74, 6) is 1.73. The molecule has 4 rings (SSSR count). The van der Waals surface area contributed by atoms with E-state index >= 15 is 0 Å². The summed E-state index contributed by atoms with van der Waals surface area (Å²) in [5.41, 5.74) is 1.77. The van der Waals surface area contributed by atoms with Crippen LogP contribution in [0.2, 0.25) is 0 Å². The fraction of sp³-hybridized carbons (Fsp3) is 0.370. The van der Waals surface area contributed by atoms with E-state index in [0.717, 1.165) is 53.8 Å². The molecule has 178 valence electrons. The minimum absolute atomic E-state index is 0.160. The van der Waals surface area contributed by atoms with E-state index in [1.807, 2.05) is 48.5 Å². The molecule has 0 spiro atoms. The van der Waals surface area contributed by atoms with Crippen molar-refractivity contribution < 1.29 is 14.4 Å². The molecule has 7 heteroatoms. The summed E-state index contributed by atoms with van der Waals surface area (Å²) in [4.78, 5) is 24.5. The number of fused-ring (bicyclic) bond motifs is 1. The standard InChI is InChI=1S/C27H32N4O3/c1-19(2)16-25(34-24-12-7-20-13-14-28-18-21(20)17-24)27(32)29-22-8-10-23(11-9-22)31-15-5-4-6-26(31)30-33-3/h7-14,17-19,25H,4-6,15-16H2,1-3H3,(H,29,32)/t25-/m0/s1. The average Bonchev–Trinajstić information content (AvgIpc) is 2.84. The number of aromatic nitrogens is 1. The van der Waals surface area contributed by atoms with Crippen LogP contribution in [-0.4, -0.2) is 36.5 Å². The zero-order valence-electron chi connectivity index (χ0n) is 20.0. The van der Waals surface area contributed by atoms with Gasteiger partial charge in [-0.3, -0.25) is 9.78 Å². The van der Waals surface area contributed by atoms with Crippen LogP contribution in [0, 0.1) is 5.92 Å². The summed E-state index contributed by atoms with van der Waals surface area (Å²) in [6.45, 7) is 5.07. The number of hydrogen-bond donors (Lipinski definition) is 1. The Morgan fingerprint density at radius 3 is 2.71 bits per heavy atom. The van der Waals surface area contributed by atoms with Crippen molar-refractivity contribution in [2.45, 2.75) is 45.6 Å². The third kappa shape index (κ3) is 5.84. The van der Waals surface area contributed by atoms with Gasteiger partial charge in [0.05, 0.1) is 0 Å². The number of benzene rings is 2. The molecule has 7 nitrogen and oxygen atoms in total. The molecule has 1 amide bonds. The van der Waals surface area contributed by atoms with E-state index in [9.17, 15) is 4.79 Å². The molecule has 1 aromatic heterocycles. The van der Waals surface area contributed by atoms with Crippen LogP contribution in [0.5, 0.6) is 5.75 Å². The third-order valence-electron chi connectivity index (χ3n) is 5.86. The van der Waals surface area contributed by atoms with Gasteiger partial charge in [0.15, 0.2) is 6.10 Å². The SMILES string of the molecule is CON=C1CCCCN1c1ccc(NC(=O)[C@H](CC(C)C)Oc2ccc3ccncc3c2)cc1. The number of pyridine rings is 1. The number of amides is 1. The molecule has 2 aromatic carbocycles. The van der Waals surface area contributed by atoms with Crippen LogP contribution in [0.3, 0.4) is 0 Å². The molecule has 1 aliphatic rings. The number of piperidine rings is 1. The van der Waals surface area contributed by atoms with E-state index in [4.69, 9.17) is 9.57 Å². The minimum atomic E-state index is -0.601. The van der Waals surface area contributed by atoms with Gasteiger partial charge in [0.25, 0.3) is 5.91 Å². The molecule has 1 N–H and O–H groups in total. The van der Waals surface area contributed by atoms with Gasteiger partial charge in [-0.2, -0.15) is 0 Å². The van der Waals surface area contributed by atoms with Crippen LogP contribution in [0.1, 0.15) is 39.5 Å². The maximum Gasteiger partial charge on any atom is 0.265 e. The van der Waals surface area contributed by atoms with Gasteiger partial charge in [0.2, 0.25) is 0 Å². The first kappa shape index (κ1) is 23.5. The predicted octanol–water partition coefficient (Wildman–Crippen LogP) is 5.62. The number of nitrogens with one attached hydrogen (secondary N) is 1. The van der Waals surface area contributed by atoms with Gasteiger partial charge < -0.3 is 19.8 Å². The quantitative estimate of drug-likeness (QED) is 0.442. The number of nitrogens with zero attached hydrogens (tertiary/aromatic N) is 3. The van der Waals surface area contributed by atoms with Crippen LogP contribution in [-0.2, 0) is 9.63 Å². The lowest BCUT2D eigenvalue weighted by atomic mass is 10.0. The molecule has 0 saturated carbocycles.